The van der Waals surface area contributed by atoms with Crippen LogP contribution < -0.4 is 5.32 Å². The molecule has 108 valence electrons. The van der Waals surface area contributed by atoms with E-state index < -0.39 is 35.3 Å². The Balaban J connectivity index is 2.14. The first-order valence-corrected chi connectivity index (χ1v) is 6.48. The van der Waals surface area contributed by atoms with Gasteiger partial charge in [-0.05, 0) is 25.0 Å². The zero-order valence-corrected chi connectivity index (χ0v) is 10.7. The van der Waals surface area contributed by atoms with Gasteiger partial charge in [-0.2, -0.15) is 0 Å². The van der Waals surface area contributed by atoms with Crippen molar-refractivity contribution in [3.63, 3.8) is 0 Å². The van der Waals surface area contributed by atoms with Crippen molar-refractivity contribution in [3.05, 3.63) is 29.8 Å². The standard InChI is InChI=1S/C14H15F2NO3/c15-8-5-6-11(16)12(7-8)17-13(18)9-3-1-2-4-10(9)14(19)20/h5-7,9-10H,1-4H2,(H,17,18)(H,19,20)/t9-,10-/m0/s1. The number of carboxylic acid groups (broad SMARTS) is 1. The molecule has 0 radical (unpaired) electrons. The summed E-state index contributed by atoms with van der Waals surface area (Å²) in [6, 6.07) is 2.75. The van der Waals surface area contributed by atoms with Crippen LogP contribution in [0.4, 0.5) is 14.5 Å². The highest BCUT2D eigenvalue weighted by molar-refractivity contribution is 5.95. The zero-order valence-electron chi connectivity index (χ0n) is 10.7. The second kappa shape index (κ2) is 5.98. The number of benzene rings is 1. The van der Waals surface area contributed by atoms with E-state index in [0.717, 1.165) is 31.0 Å². The van der Waals surface area contributed by atoms with E-state index in [2.05, 4.69) is 5.32 Å². The van der Waals surface area contributed by atoms with E-state index in [4.69, 9.17) is 5.11 Å². The largest absolute Gasteiger partial charge is 0.481 e. The second-order valence-corrected chi connectivity index (χ2v) is 4.95. The highest BCUT2D eigenvalue weighted by Gasteiger charge is 2.35. The number of anilines is 1. The van der Waals surface area contributed by atoms with Gasteiger partial charge >= 0.3 is 5.97 Å². The monoisotopic (exact) mass is 283 g/mol. The fraction of sp³-hybridized carbons (Fsp3) is 0.429. The molecule has 0 heterocycles. The quantitative estimate of drug-likeness (QED) is 0.896. The van der Waals surface area contributed by atoms with Gasteiger partial charge < -0.3 is 10.4 Å². The number of nitrogens with one attached hydrogen (secondary N) is 1. The molecule has 1 aromatic rings. The summed E-state index contributed by atoms with van der Waals surface area (Å²) in [6.45, 7) is 0. The van der Waals surface area contributed by atoms with Gasteiger partial charge in [0.25, 0.3) is 0 Å². The smallest absolute Gasteiger partial charge is 0.307 e. The minimum atomic E-state index is -1.02. The summed E-state index contributed by atoms with van der Waals surface area (Å²) in [5, 5.41) is 11.4. The normalized spacial score (nSPS) is 22.3. The van der Waals surface area contributed by atoms with E-state index in [0.29, 0.717) is 12.8 Å². The number of carboxylic acids is 1. The minimum absolute atomic E-state index is 0.260. The van der Waals surface area contributed by atoms with Crippen molar-refractivity contribution in [2.24, 2.45) is 11.8 Å². The first kappa shape index (κ1) is 14.4. The molecule has 2 atom stereocenters. The van der Waals surface area contributed by atoms with Crippen molar-refractivity contribution in [2.45, 2.75) is 25.7 Å². The Hall–Kier alpha value is -1.98. The van der Waals surface area contributed by atoms with Gasteiger partial charge in [-0.1, -0.05) is 12.8 Å². The molecule has 1 saturated carbocycles. The van der Waals surface area contributed by atoms with Crippen LogP contribution in [0, 0.1) is 23.5 Å². The van der Waals surface area contributed by atoms with Gasteiger partial charge in [-0.3, -0.25) is 9.59 Å². The number of carbonyl (C=O) groups is 2. The molecule has 20 heavy (non-hydrogen) atoms. The van der Waals surface area contributed by atoms with Gasteiger partial charge in [-0.25, -0.2) is 8.78 Å². The number of hydrogen-bond acceptors (Lipinski definition) is 2. The maximum absolute atomic E-state index is 13.5. The number of aliphatic carboxylic acids is 1. The molecule has 0 aliphatic heterocycles. The number of carbonyl (C=O) groups excluding carboxylic acids is 1. The van der Waals surface area contributed by atoms with Crippen LogP contribution in [0.3, 0.4) is 0 Å². The fourth-order valence-corrected chi connectivity index (χ4v) is 2.56. The molecule has 1 amide bonds. The SMILES string of the molecule is O=C(O)[C@H]1CCCC[C@@H]1C(=O)Nc1cc(F)ccc1F. The Labute approximate surface area is 114 Å². The van der Waals surface area contributed by atoms with E-state index in [1.807, 2.05) is 0 Å². The molecule has 0 aromatic heterocycles. The first-order chi connectivity index (χ1) is 9.49. The Morgan fingerprint density at radius 2 is 1.80 bits per heavy atom. The van der Waals surface area contributed by atoms with Crippen molar-refractivity contribution in [3.8, 4) is 0 Å². The number of rotatable bonds is 3. The Kier molecular flexibility index (Phi) is 4.32. The summed E-state index contributed by atoms with van der Waals surface area (Å²) in [5.41, 5.74) is -0.260. The molecule has 0 unspecified atom stereocenters. The average Bonchev–Trinajstić information content (AvgIpc) is 2.42. The molecule has 0 spiro atoms. The van der Waals surface area contributed by atoms with E-state index in [9.17, 15) is 18.4 Å². The molecule has 1 fully saturated rings. The molecule has 6 heteroatoms. The van der Waals surface area contributed by atoms with Crippen LogP contribution in [-0.2, 0) is 9.59 Å². The lowest BCUT2D eigenvalue weighted by atomic mass is 9.78. The summed E-state index contributed by atoms with van der Waals surface area (Å²) in [7, 11) is 0. The van der Waals surface area contributed by atoms with Crippen molar-refractivity contribution in [2.75, 3.05) is 5.32 Å². The van der Waals surface area contributed by atoms with Crippen LogP contribution in [0.2, 0.25) is 0 Å². The molecule has 1 aliphatic rings. The number of halogens is 2. The van der Waals surface area contributed by atoms with Crippen LogP contribution in [0.15, 0.2) is 18.2 Å². The summed E-state index contributed by atoms with van der Waals surface area (Å²) in [6.07, 6.45) is 2.39. The first-order valence-electron chi connectivity index (χ1n) is 6.48. The number of hydrogen-bond donors (Lipinski definition) is 2. The summed E-state index contributed by atoms with van der Waals surface area (Å²) in [4.78, 5) is 23.2. The summed E-state index contributed by atoms with van der Waals surface area (Å²) >= 11 is 0. The third-order valence-electron chi connectivity index (χ3n) is 3.61. The summed E-state index contributed by atoms with van der Waals surface area (Å²) < 4.78 is 26.5. The zero-order chi connectivity index (χ0) is 14.7. The Morgan fingerprint density at radius 1 is 1.15 bits per heavy atom. The molecule has 1 aliphatic carbocycles. The molecule has 1 aromatic carbocycles. The van der Waals surface area contributed by atoms with Gasteiger partial charge in [0.15, 0.2) is 0 Å². The number of amides is 1. The van der Waals surface area contributed by atoms with Crippen LogP contribution in [0.5, 0.6) is 0 Å². The van der Waals surface area contributed by atoms with Crippen molar-refractivity contribution >= 4 is 17.6 Å². The minimum Gasteiger partial charge on any atom is -0.481 e. The average molecular weight is 283 g/mol. The topological polar surface area (TPSA) is 66.4 Å². The third-order valence-corrected chi connectivity index (χ3v) is 3.61. The van der Waals surface area contributed by atoms with Crippen molar-refractivity contribution in [1.82, 2.24) is 0 Å². The predicted molar refractivity (Wildman–Crippen MR) is 68.1 cm³/mol. The van der Waals surface area contributed by atoms with E-state index in [-0.39, 0.29) is 5.69 Å². The molecule has 0 bridgehead atoms. The van der Waals surface area contributed by atoms with Crippen LogP contribution in [-0.4, -0.2) is 17.0 Å². The Morgan fingerprint density at radius 3 is 2.45 bits per heavy atom. The van der Waals surface area contributed by atoms with Gasteiger partial charge in [-0.15, -0.1) is 0 Å². The summed E-state index contributed by atoms with van der Waals surface area (Å²) in [5.74, 6) is -4.47. The maximum atomic E-state index is 13.5. The van der Waals surface area contributed by atoms with Crippen LogP contribution >= 0.6 is 0 Å². The lowest BCUT2D eigenvalue weighted by Crippen LogP contribution is -2.36. The maximum Gasteiger partial charge on any atom is 0.307 e. The molecule has 0 saturated heterocycles. The lowest BCUT2D eigenvalue weighted by Gasteiger charge is -2.27. The Bertz CT molecular complexity index is 533. The van der Waals surface area contributed by atoms with Gasteiger partial charge in [0.1, 0.15) is 11.6 Å². The lowest BCUT2D eigenvalue weighted by molar-refractivity contribution is -0.147. The van der Waals surface area contributed by atoms with Gasteiger partial charge in [0.05, 0.1) is 17.5 Å². The molecule has 2 N–H and O–H groups in total. The van der Waals surface area contributed by atoms with Crippen molar-refractivity contribution in [1.29, 1.82) is 0 Å². The molecule has 2 rings (SSSR count). The highest BCUT2D eigenvalue weighted by Crippen LogP contribution is 2.31. The fourth-order valence-electron chi connectivity index (χ4n) is 2.56. The predicted octanol–water partition coefficient (Wildman–Crippen LogP) is 2.79. The van der Waals surface area contributed by atoms with Gasteiger partial charge in [0, 0.05) is 6.07 Å². The van der Waals surface area contributed by atoms with Gasteiger partial charge in [0.2, 0.25) is 5.91 Å². The molecular weight excluding hydrogens is 268 g/mol. The third kappa shape index (κ3) is 3.12. The second-order valence-electron chi connectivity index (χ2n) is 4.95. The molecular formula is C14H15F2NO3. The van der Waals surface area contributed by atoms with Crippen molar-refractivity contribution < 1.29 is 23.5 Å². The van der Waals surface area contributed by atoms with E-state index in [1.54, 1.807) is 0 Å². The van der Waals surface area contributed by atoms with E-state index >= 15 is 0 Å². The van der Waals surface area contributed by atoms with Crippen LogP contribution in [0.1, 0.15) is 25.7 Å². The molecule has 4 nitrogen and oxygen atoms in total. The van der Waals surface area contributed by atoms with E-state index in [1.165, 1.54) is 0 Å². The van der Waals surface area contributed by atoms with Crippen LogP contribution in [0.25, 0.3) is 0 Å². The highest BCUT2D eigenvalue weighted by atomic mass is 19.1.